The summed E-state index contributed by atoms with van der Waals surface area (Å²) < 4.78 is 0. The minimum absolute atomic E-state index is 0.157. The summed E-state index contributed by atoms with van der Waals surface area (Å²) in [6.07, 6.45) is 3.41. The fourth-order valence-electron chi connectivity index (χ4n) is 2.57. The molecule has 1 fully saturated rings. The Labute approximate surface area is 114 Å². The van der Waals surface area contributed by atoms with E-state index in [1.807, 2.05) is 11.9 Å². The van der Waals surface area contributed by atoms with E-state index in [1.165, 1.54) is 12.5 Å². The van der Waals surface area contributed by atoms with Gasteiger partial charge < -0.3 is 5.11 Å². The maximum absolute atomic E-state index is 12.2. The number of benzene rings is 1. The second kappa shape index (κ2) is 5.61. The van der Waals surface area contributed by atoms with Crippen LogP contribution in [0.4, 0.5) is 0 Å². The largest absolute Gasteiger partial charge is 0.508 e. The molecule has 1 aromatic carbocycles. The number of amides is 1. The molecule has 0 bridgehead atoms. The molecular weight excluding hydrogens is 240 g/mol. The molecule has 0 spiro atoms. The fraction of sp³-hybridized carbons (Fsp3) is 0.533. The predicted octanol–water partition coefficient (Wildman–Crippen LogP) is 2.61. The lowest BCUT2D eigenvalue weighted by Crippen LogP contribution is -2.54. The maximum atomic E-state index is 12.2. The number of carbonyl (C=O) groups excluding carboxylic acids is 1. The topological polar surface area (TPSA) is 52.6 Å². The van der Waals surface area contributed by atoms with Gasteiger partial charge in [-0.15, -0.1) is 0 Å². The second-order valence-corrected chi connectivity index (χ2v) is 5.48. The van der Waals surface area contributed by atoms with Crippen LogP contribution in [0.3, 0.4) is 0 Å². The number of piperidine rings is 1. The van der Waals surface area contributed by atoms with Crippen LogP contribution in [-0.4, -0.2) is 28.1 Å². The van der Waals surface area contributed by atoms with Gasteiger partial charge in [0.15, 0.2) is 0 Å². The van der Waals surface area contributed by atoms with E-state index in [0.717, 1.165) is 18.4 Å². The van der Waals surface area contributed by atoms with Crippen molar-refractivity contribution in [1.29, 1.82) is 0 Å². The van der Waals surface area contributed by atoms with E-state index in [-0.39, 0.29) is 11.7 Å². The van der Waals surface area contributed by atoms with Crippen LogP contribution in [0.2, 0.25) is 0 Å². The standard InChI is InChI=1S/C15H22N2O2/c1-10-7-8-13(9-14(10)18)15(19)16-17-11(2)5-4-6-12(17)3/h7-9,11-12,18H,4-6H2,1-3H3,(H,16,19). The number of hydrazine groups is 1. The SMILES string of the molecule is Cc1ccc(C(=O)NN2C(C)CCCC2C)cc1O. The summed E-state index contributed by atoms with van der Waals surface area (Å²) in [5, 5.41) is 11.7. The minimum Gasteiger partial charge on any atom is -0.508 e. The summed E-state index contributed by atoms with van der Waals surface area (Å²) in [7, 11) is 0. The molecule has 0 radical (unpaired) electrons. The Balaban J connectivity index is 2.09. The molecule has 1 heterocycles. The zero-order chi connectivity index (χ0) is 14.0. The molecule has 2 atom stereocenters. The third-order valence-electron chi connectivity index (χ3n) is 3.90. The summed E-state index contributed by atoms with van der Waals surface area (Å²) in [6.45, 7) is 6.07. The first kappa shape index (κ1) is 13.9. The van der Waals surface area contributed by atoms with E-state index < -0.39 is 0 Å². The van der Waals surface area contributed by atoms with Gasteiger partial charge in [-0.2, -0.15) is 0 Å². The first-order valence-electron chi connectivity index (χ1n) is 6.88. The number of carbonyl (C=O) groups is 1. The van der Waals surface area contributed by atoms with Gasteiger partial charge in [0, 0.05) is 17.6 Å². The van der Waals surface area contributed by atoms with Gasteiger partial charge in [0.1, 0.15) is 5.75 Å². The van der Waals surface area contributed by atoms with Crippen LogP contribution >= 0.6 is 0 Å². The molecule has 4 nitrogen and oxygen atoms in total. The summed E-state index contributed by atoms with van der Waals surface area (Å²) in [4.78, 5) is 12.2. The van der Waals surface area contributed by atoms with Crippen molar-refractivity contribution in [2.24, 2.45) is 0 Å². The lowest BCUT2D eigenvalue weighted by atomic mass is 10.00. The van der Waals surface area contributed by atoms with Crippen LogP contribution in [0.15, 0.2) is 18.2 Å². The quantitative estimate of drug-likeness (QED) is 0.861. The van der Waals surface area contributed by atoms with Crippen molar-refractivity contribution >= 4 is 5.91 Å². The number of phenols is 1. The van der Waals surface area contributed by atoms with Gasteiger partial charge in [-0.3, -0.25) is 10.2 Å². The summed E-state index contributed by atoms with van der Waals surface area (Å²) in [5.74, 6) is 0.00305. The number of aryl methyl sites for hydroxylation is 1. The normalized spacial score (nSPS) is 24.2. The van der Waals surface area contributed by atoms with Crippen LogP contribution in [0.25, 0.3) is 0 Å². The number of nitrogens with one attached hydrogen (secondary N) is 1. The predicted molar refractivity (Wildman–Crippen MR) is 74.9 cm³/mol. The van der Waals surface area contributed by atoms with E-state index in [1.54, 1.807) is 12.1 Å². The second-order valence-electron chi connectivity index (χ2n) is 5.48. The van der Waals surface area contributed by atoms with Crippen molar-refractivity contribution in [3.05, 3.63) is 29.3 Å². The average Bonchev–Trinajstić information content (AvgIpc) is 2.37. The van der Waals surface area contributed by atoms with Crippen LogP contribution in [0, 0.1) is 6.92 Å². The Hall–Kier alpha value is -1.55. The summed E-state index contributed by atoms with van der Waals surface area (Å²) in [6, 6.07) is 5.72. The summed E-state index contributed by atoms with van der Waals surface area (Å²) >= 11 is 0. The molecule has 19 heavy (non-hydrogen) atoms. The lowest BCUT2D eigenvalue weighted by Gasteiger charge is -2.38. The van der Waals surface area contributed by atoms with Gasteiger partial charge in [-0.25, -0.2) is 5.01 Å². The maximum Gasteiger partial charge on any atom is 0.265 e. The zero-order valence-corrected chi connectivity index (χ0v) is 11.8. The molecule has 2 unspecified atom stereocenters. The van der Waals surface area contributed by atoms with Gasteiger partial charge in [0.05, 0.1) is 0 Å². The molecule has 1 aliphatic heterocycles. The van der Waals surface area contributed by atoms with Crippen LogP contribution < -0.4 is 5.43 Å². The van der Waals surface area contributed by atoms with Gasteiger partial charge in [0.2, 0.25) is 0 Å². The highest BCUT2D eigenvalue weighted by molar-refractivity contribution is 5.94. The van der Waals surface area contributed by atoms with E-state index in [9.17, 15) is 9.90 Å². The highest BCUT2D eigenvalue weighted by atomic mass is 16.3. The van der Waals surface area contributed by atoms with E-state index >= 15 is 0 Å². The summed E-state index contributed by atoms with van der Waals surface area (Å²) in [5.41, 5.74) is 4.23. The Morgan fingerprint density at radius 3 is 2.53 bits per heavy atom. The number of hydrogen-bond acceptors (Lipinski definition) is 3. The van der Waals surface area contributed by atoms with Crippen LogP contribution in [-0.2, 0) is 0 Å². The molecule has 2 N–H and O–H groups in total. The van der Waals surface area contributed by atoms with Crippen molar-refractivity contribution in [3.8, 4) is 5.75 Å². The van der Waals surface area contributed by atoms with Crippen molar-refractivity contribution in [2.45, 2.75) is 52.1 Å². The highest BCUT2D eigenvalue weighted by Crippen LogP contribution is 2.21. The first-order chi connectivity index (χ1) is 8.99. The molecule has 104 valence electrons. The van der Waals surface area contributed by atoms with Crippen molar-refractivity contribution < 1.29 is 9.90 Å². The fourth-order valence-corrected chi connectivity index (χ4v) is 2.57. The smallest absolute Gasteiger partial charge is 0.265 e. The molecule has 1 saturated heterocycles. The molecule has 0 aliphatic carbocycles. The van der Waals surface area contributed by atoms with E-state index in [0.29, 0.717) is 17.6 Å². The molecule has 0 aromatic heterocycles. The molecule has 1 aliphatic rings. The monoisotopic (exact) mass is 262 g/mol. The molecule has 4 heteroatoms. The average molecular weight is 262 g/mol. The molecular formula is C15H22N2O2. The third kappa shape index (κ3) is 3.07. The highest BCUT2D eigenvalue weighted by Gasteiger charge is 2.26. The van der Waals surface area contributed by atoms with Gasteiger partial charge in [-0.05, 0) is 51.3 Å². The Morgan fingerprint density at radius 1 is 1.32 bits per heavy atom. The van der Waals surface area contributed by atoms with Crippen molar-refractivity contribution in [2.75, 3.05) is 0 Å². The Kier molecular flexibility index (Phi) is 4.10. The Morgan fingerprint density at radius 2 is 1.95 bits per heavy atom. The number of nitrogens with zero attached hydrogens (tertiary/aromatic N) is 1. The third-order valence-corrected chi connectivity index (χ3v) is 3.90. The van der Waals surface area contributed by atoms with Gasteiger partial charge >= 0.3 is 0 Å². The molecule has 0 saturated carbocycles. The first-order valence-corrected chi connectivity index (χ1v) is 6.88. The van der Waals surface area contributed by atoms with Crippen LogP contribution in [0.5, 0.6) is 5.75 Å². The van der Waals surface area contributed by atoms with Crippen molar-refractivity contribution in [3.63, 3.8) is 0 Å². The van der Waals surface area contributed by atoms with E-state index in [4.69, 9.17) is 0 Å². The number of aromatic hydroxyl groups is 1. The van der Waals surface area contributed by atoms with Crippen LogP contribution in [0.1, 0.15) is 49.0 Å². The lowest BCUT2D eigenvalue weighted by molar-refractivity contribution is 0.0369. The van der Waals surface area contributed by atoms with Gasteiger partial charge in [-0.1, -0.05) is 12.5 Å². The number of rotatable bonds is 2. The zero-order valence-electron chi connectivity index (χ0n) is 11.8. The molecule has 1 amide bonds. The minimum atomic E-state index is -0.157. The number of phenolic OH excluding ortho intramolecular Hbond substituents is 1. The molecule has 2 rings (SSSR count). The van der Waals surface area contributed by atoms with E-state index in [2.05, 4.69) is 19.3 Å². The Bertz CT molecular complexity index is 463. The number of hydrogen-bond donors (Lipinski definition) is 2. The molecule has 1 aromatic rings. The van der Waals surface area contributed by atoms with Gasteiger partial charge in [0.25, 0.3) is 5.91 Å². The van der Waals surface area contributed by atoms with Crippen molar-refractivity contribution in [1.82, 2.24) is 10.4 Å².